The fraction of sp³-hybridized carbons (Fsp3) is 0.263. The quantitative estimate of drug-likeness (QED) is 0.611. The lowest BCUT2D eigenvalue weighted by molar-refractivity contribution is -0.113. The van der Waals surface area contributed by atoms with E-state index in [1.807, 2.05) is 50.2 Å². The van der Waals surface area contributed by atoms with Crippen LogP contribution < -0.4 is 14.8 Å². The molecule has 28 heavy (non-hydrogen) atoms. The van der Waals surface area contributed by atoms with Gasteiger partial charge in [-0.15, -0.1) is 5.10 Å². The van der Waals surface area contributed by atoms with Crippen molar-refractivity contribution in [2.75, 3.05) is 25.3 Å². The molecule has 0 aliphatic heterocycles. The van der Waals surface area contributed by atoms with Crippen molar-refractivity contribution in [2.24, 2.45) is 0 Å². The number of hydrogen-bond donors (Lipinski definition) is 1. The zero-order valence-corrected chi connectivity index (χ0v) is 16.9. The highest BCUT2D eigenvalue weighted by Gasteiger charge is 2.16. The fourth-order valence-corrected chi connectivity index (χ4v) is 3.31. The van der Waals surface area contributed by atoms with Crippen LogP contribution in [0.15, 0.2) is 41.6 Å². The van der Waals surface area contributed by atoms with E-state index in [9.17, 15) is 4.79 Å². The van der Waals surface area contributed by atoms with Gasteiger partial charge in [0.25, 0.3) is 0 Å². The van der Waals surface area contributed by atoms with Gasteiger partial charge in [-0.1, -0.05) is 23.9 Å². The van der Waals surface area contributed by atoms with Crippen molar-refractivity contribution in [2.45, 2.75) is 19.0 Å². The predicted octanol–water partition coefficient (Wildman–Crippen LogP) is 3.03. The molecule has 3 aromatic rings. The molecule has 3 rings (SSSR count). The Labute approximate surface area is 167 Å². The van der Waals surface area contributed by atoms with Gasteiger partial charge in [-0.3, -0.25) is 4.79 Å². The van der Waals surface area contributed by atoms with Crippen molar-refractivity contribution < 1.29 is 14.3 Å². The van der Waals surface area contributed by atoms with Crippen LogP contribution in [-0.2, 0) is 4.79 Å². The highest BCUT2D eigenvalue weighted by molar-refractivity contribution is 7.99. The summed E-state index contributed by atoms with van der Waals surface area (Å²) in [5.41, 5.74) is 3.43. The third-order valence-corrected chi connectivity index (χ3v) is 4.88. The van der Waals surface area contributed by atoms with Crippen molar-refractivity contribution >= 4 is 23.4 Å². The normalized spacial score (nSPS) is 10.6. The molecule has 1 aromatic heterocycles. The minimum atomic E-state index is -0.181. The molecule has 0 aliphatic rings. The van der Waals surface area contributed by atoms with Gasteiger partial charge in [-0.25, -0.2) is 0 Å². The van der Waals surface area contributed by atoms with Crippen LogP contribution in [0.4, 0.5) is 5.69 Å². The van der Waals surface area contributed by atoms with Crippen molar-refractivity contribution in [3.05, 3.63) is 47.5 Å². The van der Waals surface area contributed by atoms with Gasteiger partial charge in [0.05, 0.1) is 25.7 Å². The smallest absolute Gasteiger partial charge is 0.234 e. The van der Waals surface area contributed by atoms with Gasteiger partial charge in [0, 0.05) is 0 Å². The molecule has 0 fully saturated rings. The number of methoxy groups -OCH3 is 2. The maximum Gasteiger partial charge on any atom is 0.234 e. The zero-order valence-electron chi connectivity index (χ0n) is 16.1. The number of tetrazole rings is 1. The highest BCUT2D eigenvalue weighted by Crippen LogP contribution is 2.28. The van der Waals surface area contributed by atoms with Crippen LogP contribution in [-0.4, -0.2) is 46.1 Å². The first-order valence-electron chi connectivity index (χ1n) is 8.52. The molecule has 0 unspecified atom stereocenters. The van der Waals surface area contributed by atoms with E-state index >= 15 is 0 Å². The highest BCUT2D eigenvalue weighted by atomic mass is 32.2. The molecule has 0 spiro atoms. The number of amides is 1. The predicted molar refractivity (Wildman–Crippen MR) is 108 cm³/mol. The lowest BCUT2D eigenvalue weighted by Gasteiger charge is -2.11. The van der Waals surface area contributed by atoms with Gasteiger partial charge in [0.15, 0.2) is 0 Å². The molecule has 9 heteroatoms. The second kappa shape index (κ2) is 8.75. The van der Waals surface area contributed by atoms with E-state index in [1.54, 1.807) is 18.9 Å². The lowest BCUT2D eigenvalue weighted by atomic mass is 10.2. The molecule has 0 aliphatic carbocycles. The summed E-state index contributed by atoms with van der Waals surface area (Å²) in [6.07, 6.45) is 0. The van der Waals surface area contributed by atoms with E-state index in [0.717, 1.165) is 16.8 Å². The van der Waals surface area contributed by atoms with Crippen LogP contribution in [0.2, 0.25) is 0 Å². The summed E-state index contributed by atoms with van der Waals surface area (Å²) < 4.78 is 12.3. The zero-order chi connectivity index (χ0) is 20.1. The number of benzene rings is 2. The number of thioether (sulfide) groups is 1. The first kappa shape index (κ1) is 19.7. The monoisotopic (exact) mass is 399 g/mol. The number of hydrogen-bond acceptors (Lipinski definition) is 7. The lowest BCUT2D eigenvalue weighted by Crippen LogP contribution is -2.15. The largest absolute Gasteiger partial charge is 0.495 e. The number of nitrogens with one attached hydrogen (secondary N) is 1. The Kier molecular flexibility index (Phi) is 6.15. The van der Waals surface area contributed by atoms with E-state index in [2.05, 4.69) is 20.8 Å². The third-order valence-electron chi connectivity index (χ3n) is 3.96. The van der Waals surface area contributed by atoms with Gasteiger partial charge in [-0.05, 0) is 59.7 Å². The summed E-state index contributed by atoms with van der Waals surface area (Å²) in [5.74, 6) is 1.22. The fourth-order valence-electron chi connectivity index (χ4n) is 2.62. The molecule has 146 valence electrons. The van der Waals surface area contributed by atoms with Crippen molar-refractivity contribution in [3.63, 3.8) is 0 Å². The van der Waals surface area contributed by atoms with E-state index in [4.69, 9.17) is 9.47 Å². The van der Waals surface area contributed by atoms with Gasteiger partial charge in [0.2, 0.25) is 11.1 Å². The Morgan fingerprint density at radius 2 is 1.75 bits per heavy atom. The van der Waals surface area contributed by atoms with E-state index < -0.39 is 0 Å². The summed E-state index contributed by atoms with van der Waals surface area (Å²) in [4.78, 5) is 12.4. The number of carbonyl (C=O) groups is 1. The number of ether oxygens (including phenoxy) is 2. The number of aryl methyl sites for hydroxylation is 2. The molecular weight excluding hydrogens is 378 g/mol. The molecule has 1 N–H and O–H groups in total. The minimum absolute atomic E-state index is 0.144. The van der Waals surface area contributed by atoms with Crippen molar-refractivity contribution in [1.82, 2.24) is 20.2 Å². The molecule has 8 nitrogen and oxygen atoms in total. The van der Waals surface area contributed by atoms with Gasteiger partial charge in [-0.2, -0.15) is 4.68 Å². The molecular formula is C19H21N5O3S. The van der Waals surface area contributed by atoms with Crippen LogP contribution in [0.25, 0.3) is 5.69 Å². The topological polar surface area (TPSA) is 91.2 Å². The molecule has 0 bridgehead atoms. The van der Waals surface area contributed by atoms with Crippen LogP contribution in [0.1, 0.15) is 11.1 Å². The van der Waals surface area contributed by atoms with Gasteiger partial charge >= 0.3 is 0 Å². The number of rotatable bonds is 7. The maximum absolute atomic E-state index is 12.4. The summed E-state index contributed by atoms with van der Waals surface area (Å²) in [6.45, 7) is 3.93. The standard InChI is InChI=1S/C19H21N5O3S/c1-12-5-7-16(26-3)14(9-12)20-18(25)11-28-19-21-22-23-24(19)15-10-13(2)6-8-17(15)27-4/h5-10H,11H2,1-4H3,(H,20,25). The van der Waals surface area contributed by atoms with Crippen LogP contribution >= 0.6 is 11.8 Å². The van der Waals surface area contributed by atoms with Crippen molar-refractivity contribution in [1.29, 1.82) is 0 Å². The summed E-state index contributed by atoms with van der Waals surface area (Å²) >= 11 is 1.24. The van der Waals surface area contributed by atoms with E-state index in [0.29, 0.717) is 22.3 Å². The maximum atomic E-state index is 12.4. The van der Waals surface area contributed by atoms with Crippen LogP contribution in [0, 0.1) is 13.8 Å². The van der Waals surface area contributed by atoms with Crippen LogP contribution in [0.5, 0.6) is 11.5 Å². The Bertz CT molecular complexity index is 989. The number of nitrogens with zero attached hydrogens (tertiary/aromatic N) is 4. The molecule has 0 atom stereocenters. The summed E-state index contributed by atoms with van der Waals surface area (Å²) in [5, 5.41) is 15.2. The average molecular weight is 399 g/mol. The van der Waals surface area contributed by atoms with Crippen molar-refractivity contribution in [3.8, 4) is 17.2 Å². The Hall–Kier alpha value is -3.07. The number of carbonyl (C=O) groups excluding carboxylic acids is 1. The third kappa shape index (κ3) is 4.42. The molecule has 1 heterocycles. The molecule has 0 saturated carbocycles. The Balaban J connectivity index is 1.73. The minimum Gasteiger partial charge on any atom is -0.495 e. The molecule has 0 saturated heterocycles. The van der Waals surface area contributed by atoms with Gasteiger partial charge in [0.1, 0.15) is 17.2 Å². The molecule has 0 radical (unpaired) electrons. The second-order valence-electron chi connectivity index (χ2n) is 6.09. The number of anilines is 1. The van der Waals surface area contributed by atoms with E-state index in [-0.39, 0.29) is 11.7 Å². The number of aromatic nitrogens is 4. The Morgan fingerprint density at radius 3 is 2.46 bits per heavy atom. The average Bonchev–Trinajstić information content (AvgIpc) is 3.15. The first-order chi connectivity index (χ1) is 13.5. The Morgan fingerprint density at radius 1 is 1.07 bits per heavy atom. The SMILES string of the molecule is COc1ccc(C)cc1NC(=O)CSc1nnnn1-c1cc(C)ccc1OC. The van der Waals surface area contributed by atoms with Gasteiger partial charge < -0.3 is 14.8 Å². The first-order valence-corrected chi connectivity index (χ1v) is 9.51. The van der Waals surface area contributed by atoms with Crippen LogP contribution in [0.3, 0.4) is 0 Å². The molecule has 1 amide bonds. The second-order valence-corrected chi connectivity index (χ2v) is 7.03. The summed E-state index contributed by atoms with van der Waals surface area (Å²) in [7, 11) is 3.16. The molecule has 2 aromatic carbocycles. The summed E-state index contributed by atoms with van der Waals surface area (Å²) in [6, 6.07) is 11.3. The van der Waals surface area contributed by atoms with E-state index in [1.165, 1.54) is 11.8 Å².